The Kier molecular flexibility index (Phi) is 4.49. The van der Waals surface area contributed by atoms with E-state index in [-0.39, 0.29) is 11.7 Å². The van der Waals surface area contributed by atoms with Gasteiger partial charge in [-0.1, -0.05) is 29.5 Å². The molecule has 0 saturated carbocycles. The van der Waals surface area contributed by atoms with Gasteiger partial charge in [-0.2, -0.15) is 0 Å². The van der Waals surface area contributed by atoms with Gasteiger partial charge in [-0.05, 0) is 35.9 Å². The number of carbonyl (C=O) groups excluding carboxylic acids is 1. The van der Waals surface area contributed by atoms with Gasteiger partial charge in [-0.15, -0.1) is 10.2 Å². The third-order valence-electron chi connectivity index (χ3n) is 2.94. The van der Waals surface area contributed by atoms with Crippen molar-refractivity contribution < 1.29 is 13.9 Å². The van der Waals surface area contributed by atoms with E-state index in [0.29, 0.717) is 10.1 Å². The highest BCUT2D eigenvalue weighted by atomic mass is 32.1. The van der Waals surface area contributed by atoms with E-state index < -0.39 is 0 Å². The minimum Gasteiger partial charge on any atom is -0.497 e. The zero-order valence-corrected chi connectivity index (χ0v) is 13.0. The maximum Gasteiger partial charge on any atom is 0.293 e. The predicted molar refractivity (Wildman–Crippen MR) is 88.5 cm³/mol. The van der Waals surface area contributed by atoms with Crippen molar-refractivity contribution in [2.45, 2.75) is 0 Å². The average molecular weight is 327 g/mol. The second-order valence-corrected chi connectivity index (χ2v) is 5.49. The van der Waals surface area contributed by atoms with E-state index in [2.05, 4.69) is 15.5 Å². The molecule has 116 valence electrons. The largest absolute Gasteiger partial charge is 0.497 e. The molecule has 2 aromatic heterocycles. The number of amides is 1. The average Bonchev–Trinajstić information content (AvgIpc) is 3.25. The minimum atomic E-state index is -0.350. The molecule has 3 aromatic rings. The summed E-state index contributed by atoms with van der Waals surface area (Å²) in [7, 11) is 1.63. The van der Waals surface area contributed by atoms with Crippen LogP contribution in [0.25, 0.3) is 12.2 Å². The Morgan fingerprint density at radius 3 is 2.74 bits per heavy atom. The second-order valence-electron chi connectivity index (χ2n) is 4.48. The first-order valence-corrected chi connectivity index (χ1v) is 7.57. The van der Waals surface area contributed by atoms with Crippen molar-refractivity contribution in [2.24, 2.45) is 0 Å². The van der Waals surface area contributed by atoms with Crippen LogP contribution in [-0.4, -0.2) is 23.2 Å². The maximum absolute atomic E-state index is 11.8. The molecule has 0 radical (unpaired) electrons. The van der Waals surface area contributed by atoms with Crippen LogP contribution in [0.3, 0.4) is 0 Å². The van der Waals surface area contributed by atoms with E-state index in [9.17, 15) is 4.79 Å². The molecule has 0 fully saturated rings. The third kappa shape index (κ3) is 3.83. The Hall–Kier alpha value is -2.93. The first-order chi connectivity index (χ1) is 11.2. The highest BCUT2D eigenvalue weighted by Crippen LogP contribution is 2.19. The van der Waals surface area contributed by atoms with E-state index in [0.717, 1.165) is 11.3 Å². The van der Waals surface area contributed by atoms with Gasteiger partial charge < -0.3 is 9.15 Å². The van der Waals surface area contributed by atoms with Crippen molar-refractivity contribution in [2.75, 3.05) is 12.4 Å². The molecule has 0 aliphatic heterocycles. The zero-order valence-electron chi connectivity index (χ0n) is 12.2. The van der Waals surface area contributed by atoms with Gasteiger partial charge >= 0.3 is 0 Å². The number of nitrogens with one attached hydrogen (secondary N) is 1. The molecule has 6 nitrogen and oxygen atoms in total. The number of hydrogen-bond donors (Lipinski definition) is 1. The zero-order chi connectivity index (χ0) is 16.1. The molecule has 0 spiro atoms. The van der Waals surface area contributed by atoms with E-state index in [1.54, 1.807) is 19.2 Å². The maximum atomic E-state index is 11.8. The SMILES string of the molecule is COc1ccc(C=Cc2nnc(NC(=O)c3ccco3)s2)cc1. The first kappa shape index (κ1) is 15.0. The van der Waals surface area contributed by atoms with Gasteiger partial charge in [-0.25, -0.2) is 0 Å². The number of rotatable bonds is 5. The second kappa shape index (κ2) is 6.89. The Labute approximate surface area is 136 Å². The summed E-state index contributed by atoms with van der Waals surface area (Å²) in [5.41, 5.74) is 1.02. The summed E-state index contributed by atoms with van der Waals surface area (Å²) < 4.78 is 10.1. The number of methoxy groups -OCH3 is 1. The van der Waals surface area contributed by atoms with E-state index in [1.807, 2.05) is 36.4 Å². The molecule has 0 aliphatic rings. The number of ether oxygens (including phenoxy) is 1. The Balaban J connectivity index is 1.64. The normalized spacial score (nSPS) is 10.8. The van der Waals surface area contributed by atoms with Crippen LogP contribution in [0, 0.1) is 0 Å². The van der Waals surface area contributed by atoms with Crippen molar-refractivity contribution in [1.82, 2.24) is 10.2 Å². The molecule has 0 atom stereocenters. The standard InChI is InChI=1S/C16H13N3O3S/c1-21-12-7-4-11(5-8-12)6-9-14-18-19-16(23-14)17-15(20)13-3-2-10-22-13/h2-10H,1H3,(H,17,19,20). The summed E-state index contributed by atoms with van der Waals surface area (Å²) in [5, 5.41) is 11.7. The molecule has 0 saturated heterocycles. The summed E-state index contributed by atoms with van der Waals surface area (Å²) in [6.45, 7) is 0. The minimum absolute atomic E-state index is 0.232. The van der Waals surface area contributed by atoms with Crippen molar-refractivity contribution in [3.63, 3.8) is 0 Å². The van der Waals surface area contributed by atoms with Crippen LogP contribution in [0.2, 0.25) is 0 Å². The quantitative estimate of drug-likeness (QED) is 0.775. The molecule has 1 amide bonds. The summed E-state index contributed by atoms with van der Waals surface area (Å²) >= 11 is 1.28. The summed E-state index contributed by atoms with van der Waals surface area (Å²) in [6, 6.07) is 10.9. The monoisotopic (exact) mass is 327 g/mol. The van der Waals surface area contributed by atoms with Crippen LogP contribution >= 0.6 is 11.3 Å². The van der Waals surface area contributed by atoms with Crippen LogP contribution in [0.4, 0.5) is 5.13 Å². The van der Waals surface area contributed by atoms with Crippen LogP contribution in [0.5, 0.6) is 5.75 Å². The fourth-order valence-electron chi connectivity index (χ4n) is 1.80. The number of carbonyl (C=O) groups is 1. The van der Waals surface area contributed by atoms with Crippen molar-refractivity contribution in [1.29, 1.82) is 0 Å². The highest BCUT2D eigenvalue weighted by Gasteiger charge is 2.11. The molecule has 7 heteroatoms. The fraction of sp³-hybridized carbons (Fsp3) is 0.0625. The number of hydrogen-bond acceptors (Lipinski definition) is 6. The van der Waals surface area contributed by atoms with Gasteiger partial charge in [0.15, 0.2) is 5.76 Å². The number of nitrogens with zero attached hydrogens (tertiary/aromatic N) is 2. The molecule has 0 bridgehead atoms. The number of benzene rings is 1. The molecule has 1 N–H and O–H groups in total. The Morgan fingerprint density at radius 1 is 1.22 bits per heavy atom. The molecule has 0 aliphatic carbocycles. The van der Waals surface area contributed by atoms with Crippen molar-refractivity contribution >= 4 is 34.5 Å². The molecule has 0 unspecified atom stereocenters. The van der Waals surface area contributed by atoms with Gasteiger partial charge in [0, 0.05) is 0 Å². The lowest BCUT2D eigenvalue weighted by Crippen LogP contribution is -2.10. The topological polar surface area (TPSA) is 77.3 Å². The summed E-state index contributed by atoms with van der Waals surface area (Å²) in [6.07, 6.45) is 5.19. The van der Waals surface area contributed by atoms with Gasteiger partial charge in [0.25, 0.3) is 5.91 Å². The fourth-order valence-corrected chi connectivity index (χ4v) is 2.44. The lowest BCUT2D eigenvalue weighted by molar-refractivity contribution is 0.0996. The van der Waals surface area contributed by atoms with Crippen LogP contribution in [-0.2, 0) is 0 Å². The number of aromatic nitrogens is 2. The first-order valence-electron chi connectivity index (χ1n) is 6.75. The predicted octanol–water partition coefficient (Wildman–Crippen LogP) is 3.56. The van der Waals surface area contributed by atoms with Crippen molar-refractivity contribution in [3.05, 3.63) is 59.0 Å². The van der Waals surface area contributed by atoms with Gasteiger partial charge in [0.05, 0.1) is 13.4 Å². The van der Waals surface area contributed by atoms with Crippen molar-refractivity contribution in [3.8, 4) is 5.75 Å². The molecule has 23 heavy (non-hydrogen) atoms. The van der Waals surface area contributed by atoms with Crippen LogP contribution < -0.4 is 10.1 Å². The van der Waals surface area contributed by atoms with E-state index >= 15 is 0 Å². The number of anilines is 1. The lowest BCUT2D eigenvalue weighted by Gasteiger charge is -1.98. The Morgan fingerprint density at radius 2 is 2.04 bits per heavy atom. The highest BCUT2D eigenvalue weighted by molar-refractivity contribution is 7.16. The molecule has 3 rings (SSSR count). The third-order valence-corrected chi connectivity index (χ3v) is 3.74. The summed E-state index contributed by atoms with van der Waals surface area (Å²) in [5.74, 6) is 0.688. The number of furan rings is 1. The van der Waals surface area contributed by atoms with Gasteiger partial charge in [0.2, 0.25) is 5.13 Å². The van der Waals surface area contributed by atoms with Crippen LogP contribution in [0.1, 0.15) is 21.1 Å². The molecule has 2 heterocycles. The molecular weight excluding hydrogens is 314 g/mol. The van der Waals surface area contributed by atoms with Gasteiger partial charge in [-0.3, -0.25) is 10.1 Å². The lowest BCUT2D eigenvalue weighted by atomic mass is 10.2. The Bertz CT molecular complexity index is 807. The van der Waals surface area contributed by atoms with E-state index in [1.165, 1.54) is 17.6 Å². The molecular formula is C16H13N3O3S. The molecule has 1 aromatic carbocycles. The van der Waals surface area contributed by atoms with Gasteiger partial charge in [0.1, 0.15) is 10.8 Å². The smallest absolute Gasteiger partial charge is 0.293 e. The van der Waals surface area contributed by atoms with Crippen LogP contribution in [0.15, 0.2) is 47.1 Å². The summed E-state index contributed by atoms with van der Waals surface area (Å²) in [4.78, 5) is 11.8. The van der Waals surface area contributed by atoms with E-state index in [4.69, 9.17) is 9.15 Å².